The molecule has 2 aromatic heterocycles. The van der Waals surface area contributed by atoms with Crippen molar-refractivity contribution < 1.29 is 0 Å². The number of nitrogens with zero attached hydrogens (tertiary/aromatic N) is 3. The predicted octanol–water partition coefficient (Wildman–Crippen LogP) is 2.83. The van der Waals surface area contributed by atoms with E-state index in [1.807, 2.05) is 36.4 Å². The number of thiocarbonyl (C=S) groups is 1. The van der Waals surface area contributed by atoms with Crippen molar-refractivity contribution >= 4 is 41.0 Å². The molecule has 0 fully saturated rings. The highest BCUT2D eigenvalue weighted by Gasteiger charge is 2.12. The Morgan fingerprint density at radius 3 is 2.81 bits per heavy atom. The minimum atomic E-state index is -0.199. The van der Waals surface area contributed by atoms with Crippen molar-refractivity contribution in [2.45, 2.75) is 9.92 Å². The van der Waals surface area contributed by atoms with E-state index in [0.717, 1.165) is 4.90 Å². The predicted molar refractivity (Wildman–Crippen MR) is 114 cm³/mol. The Balaban J connectivity index is 1.96. The quantitative estimate of drug-likeness (QED) is 0.220. The van der Waals surface area contributed by atoms with E-state index in [-0.39, 0.29) is 5.56 Å². The molecule has 0 aliphatic carbocycles. The highest BCUT2D eigenvalue weighted by molar-refractivity contribution is 7.99. The Hall–Kier alpha value is -2.97. The Labute approximate surface area is 166 Å². The number of nitrogens with one attached hydrogen (secondary N) is 2. The summed E-state index contributed by atoms with van der Waals surface area (Å²) < 4.78 is 1.49. The number of rotatable bonds is 6. The van der Waals surface area contributed by atoms with Crippen molar-refractivity contribution in [1.29, 1.82) is 0 Å². The summed E-state index contributed by atoms with van der Waals surface area (Å²) in [5.41, 5.74) is 3.45. The molecule has 0 atom stereocenters. The van der Waals surface area contributed by atoms with Gasteiger partial charge in [0.25, 0.3) is 5.56 Å². The fourth-order valence-electron chi connectivity index (χ4n) is 2.23. The summed E-state index contributed by atoms with van der Waals surface area (Å²) in [6.45, 7) is 4.13. The first-order valence-electron chi connectivity index (χ1n) is 8.11. The molecule has 0 unspecified atom stereocenters. The van der Waals surface area contributed by atoms with E-state index in [9.17, 15) is 4.79 Å². The molecule has 2 heterocycles. The highest BCUT2D eigenvalue weighted by Crippen LogP contribution is 2.27. The van der Waals surface area contributed by atoms with E-state index in [0.29, 0.717) is 27.9 Å². The van der Waals surface area contributed by atoms with Crippen LogP contribution in [0.5, 0.6) is 0 Å². The van der Waals surface area contributed by atoms with Gasteiger partial charge in [0, 0.05) is 17.6 Å². The van der Waals surface area contributed by atoms with Crippen molar-refractivity contribution in [2.24, 2.45) is 5.10 Å². The Morgan fingerprint density at radius 1 is 1.26 bits per heavy atom. The van der Waals surface area contributed by atoms with Crippen molar-refractivity contribution in [2.75, 3.05) is 6.54 Å². The first kappa shape index (κ1) is 18.8. The number of hydrazone groups is 1. The molecule has 3 aromatic rings. The third kappa shape index (κ3) is 4.81. The SMILES string of the molecule is C=CCNC(=S)NN=Cc1c(Sc2ccccc2)nc2ccccn2c1=O. The van der Waals surface area contributed by atoms with Crippen molar-refractivity contribution in [1.82, 2.24) is 20.1 Å². The monoisotopic (exact) mass is 395 g/mol. The second kappa shape index (κ2) is 9.11. The van der Waals surface area contributed by atoms with Gasteiger partial charge in [-0.2, -0.15) is 5.10 Å². The van der Waals surface area contributed by atoms with Crippen molar-refractivity contribution in [3.63, 3.8) is 0 Å². The molecular formula is C19H17N5OS2. The average Bonchev–Trinajstić information content (AvgIpc) is 2.69. The van der Waals surface area contributed by atoms with Crippen LogP contribution in [-0.4, -0.2) is 27.3 Å². The lowest BCUT2D eigenvalue weighted by atomic mass is 10.3. The van der Waals surface area contributed by atoms with Crippen LogP contribution >= 0.6 is 24.0 Å². The van der Waals surface area contributed by atoms with Crippen LogP contribution in [0.15, 0.2) is 87.2 Å². The average molecular weight is 396 g/mol. The lowest BCUT2D eigenvalue weighted by Gasteiger charge is -2.08. The maximum Gasteiger partial charge on any atom is 0.267 e. The maximum absolute atomic E-state index is 12.9. The zero-order chi connectivity index (χ0) is 19.1. The molecule has 0 aliphatic heterocycles. The number of hydrogen-bond acceptors (Lipinski definition) is 5. The second-order valence-electron chi connectivity index (χ2n) is 5.35. The van der Waals surface area contributed by atoms with Gasteiger partial charge in [0.15, 0.2) is 5.11 Å². The van der Waals surface area contributed by atoms with Crippen LogP contribution < -0.4 is 16.3 Å². The molecule has 0 aliphatic rings. The smallest absolute Gasteiger partial charge is 0.267 e. The van der Waals surface area contributed by atoms with Crippen LogP contribution in [0.3, 0.4) is 0 Å². The third-order valence-electron chi connectivity index (χ3n) is 3.46. The molecule has 136 valence electrons. The largest absolute Gasteiger partial charge is 0.358 e. The van der Waals surface area contributed by atoms with Gasteiger partial charge < -0.3 is 5.32 Å². The summed E-state index contributed by atoms with van der Waals surface area (Å²) in [5.74, 6) is 0. The summed E-state index contributed by atoms with van der Waals surface area (Å²) >= 11 is 6.51. The summed E-state index contributed by atoms with van der Waals surface area (Å²) in [6, 6.07) is 15.2. The topological polar surface area (TPSA) is 70.8 Å². The van der Waals surface area contributed by atoms with Crippen molar-refractivity contribution in [3.05, 3.63) is 83.3 Å². The molecule has 0 radical (unpaired) electrons. The summed E-state index contributed by atoms with van der Waals surface area (Å²) in [7, 11) is 0. The standard InChI is InChI=1S/C19H17N5OS2/c1-2-11-20-19(26)23-21-13-15-17(27-14-8-4-3-5-9-14)22-16-10-6-7-12-24(16)18(15)25/h2-10,12-13H,1,11H2,(H2,20,23,26). The van der Waals surface area contributed by atoms with Crippen LogP contribution in [0.25, 0.3) is 5.65 Å². The lowest BCUT2D eigenvalue weighted by molar-refractivity contribution is 0.935. The van der Waals surface area contributed by atoms with E-state index in [4.69, 9.17) is 12.2 Å². The molecule has 3 rings (SSSR count). The highest BCUT2D eigenvalue weighted by atomic mass is 32.2. The number of aromatic nitrogens is 2. The minimum absolute atomic E-state index is 0.199. The molecule has 1 aromatic carbocycles. The molecule has 0 amide bonds. The van der Waals surface area contributed by atoms with Gasteiger partial charge in [-0.25, -0.2) is 4.98 Å². The van der Waals surface area contributed by atoms with Gasteiger partial charge in [-0.1, -0.05) is 42.1 Å². The van der Waals surface area contributed by atoms with Gasteiger partial charge in [-0.05, 0) is 36.5 Å². The lowest BCUT2D eigenvalue weighted by Crippen LogP contribution is -2.32. The number of hydrogen-bond donors (Lipinski definition) is 2. The molecule has 0 saturated heterocycles. The Bertz CT molecular complexity index is 1050. The van der Waals surface area contributed by atoms with E-state index in [1.54, 1.807) is 24.4 Å². The van der Waals surface area contributed by atoms with Crippen LogP contribution in [-0.2, 0) is 0 Å². The molecule has 8 heteroatoms. The molecule has 0 saturated carbocycles. The summed E-state index contributed by atoms with van der Waals surface area (Å²) in [4.78, 5) is 18.5. The van der Waals surface area contributed by atoms with Gasteiger partial charge in [-0.3, -0.25) is 14.6 Å². The maximum atomic E-state index is 12.9. The minimum Gasteiger partial charge on any atom is -0.358 e. The zero-order valence-corrected chi connectivity index (χ0v) is 16.0. The number of fused-ring (bicyclic) bond motifs is 1. The summed E-state index contributed by atoms with van der Waals surface area (Å²) in [6.07, 6.45) is 4.82. The molecule has 27 heavy (non-hydrogen) atoms. The third-order valence-corrected chi connectivity index (χ3v) is 4.71. The Kier molecular flexibility index (Phi) is 6.35. The van der Waals surface area contributed by atoms with E-state index in [2.05, 4.69) is 27.4 Å². The van der Waals surface area contributed by atoms with Crippen LogP contribution in [0, 0.1) is 0 Å². The zero-order valence-electron chi connectivity index (χ0n) is 14.3. The fraction of sp³-hybridized carbons (Fsp3) is 0.0526. The van der Waals surface area contributed by atoms with Crippen LogP contribution in [0.4, 0.5) is 0 Å². The normalized spacial score (nSPS) is 10.8. The van der Waals surface area contributed by atoms with Crippen LogP contribution in [0.2, 0.25) is 0 Å². The molecule has 2 N–H and O–H groups in total. The summed E-state index contributed by atoms with van der Waals surface area (Å²) in [5, 5.41) is 7.91. The van der Waals surface area contributed by atoms with Gasteiger partial charge >= 0.3 is 0 Å². The van der Waals surface area contributed by atoms with Gasteiger partial charge in [-0.15, -0.1) is 6.58 Å². The fourth-order valence-corrected chi connectivity index (χ4v) is 3.27. The molecular weight excluding hydrogens is 378 g/mol. The molecule has 0 bridgehead atoms. The number of pyridine rings is 1. The van der Waals surface area contributed by atoms with E-state index < -0.39 is 0 Å². The second-order valence-corrected chi connectivity index (χ2v) is 6.82. The van der Waals surface area contributed by atoms with Gasteiger partial charge in [0.1, 0.15) is 10.7 Å². The van der Waals surface area contributed by atoms with Crippen molar-refractivity contribution in [3.8, 4) is 0 Å². The van der Waals surface area contributed by atoms with Gasteiger partial charge in [0.05, 0.1) is 11.8 Å². The first-order chi connectivity index (χ1) is 13.2. The number of benzene rings is 1. The molecule has 0 spiro atoms. The first-order valence-corrected chi connectivity index (χ1v) is 9.33. The van der Waals surface area contributed by atoms with Gasteiger partial charge in [0.2, 0.25) is 0 Å². The van der Waals surface area contributed by atoms with Crippen LogP contribution in [0.1, 0.15) is 5.56 Å². The van der Waals surface area contributed by atoms with E-state index in [1.165, 1.54) is 22.4 Å². The van der Waals surface area contributed by atoms with E-state index >= 15 is 0 Å². The molecule has 6 nitrogen and oxygen atoms in total. The Morgan fingerprint density at radius 2 is 2.04 bits per heavy atom.